The summed E-state index contributed by atoms with van der Waals surface area (Å²) in [6.45, 7) is 9.88. The van der Waals surface area contributed by atoms with Crippen LogP contribution in [0.5, 0.6) is 0 Å². The van der Waals surface area contributed by atoms with Gasteiger partial charge < -0.3 is 30.9 Å². The highest BCUT2D eigenvalue weighted by atomic mass is 28.3. The molecule has 0 amide bonds. The largest absolute Gasteiger partial charge is 0.396 e. The molecule has 1 fully saturated rings. The van der Waals surface area contributed by atoms with Crippen molar-refractivity contribution in [3.63, 3.8) is 0 Å². The van der Waals surface area contributed by atoms with E-state index in [1.165, 1.54) is 17.2 Å². The van der Waals surface area contributed by atoms with Gasteiger partial charge in [0, 0.05) is 6.42 Å². The molecule has 29 heavy (non-hydrogen) atoms. The molecule has 1 saturated heterocycles. The predicted molar refractivity (Wildman–Crippen MR) is 110 cm³/mol. The fourth-order valence-corrected chi connectivity index (χ4v) is 5.45. The standard InChI is InChI=1S/C18H31N5O5Si/c1-17(2,3)29(4,5)11(25)6-18(14(27)13(26)10(7-24)28-18)23-9-22-12-15(19)20-8-21-16(12)23/h8-11,13-14,24-27H,6-7H2,1-5H3,(H2,19,20,21)/t10-,11?,13-,14-,18-/m1/s1. The van der Waals surface area contributed by atoms with Crippen molar-refractivity contribution in [1.29, 1.82) is 0 Å². The van der Waals surface area contributed by atoms with Gasteiger partial charge in [0.2, 0.25) is 0 Å². The van der Waals surface area contributed by atoms with E-state index in [1.54, 1.807) is 0 Å². The molecular formula is C18H31N5O5Si. The van der Waals surface area contributed by atoms with Gasteiger partial charge in [0.25, 0.3) is 0 Å². The van der Waals surface area contributed by atoms with Crippen molar-refractivity contribution >= 4 is 25.1 Å². The van der Waals surface area contributed by atoms with E-state index < -0.39 is 44.4 Å². The molecule has 1 unspecified atom stereocenters. The summed E-state index contributed by atoms with van der Waals surface area (Å²) in [6, 6.07) is 0. The lowest BCUT2D eigenvalue weighted by Crippen LogP contribution is -2.56. The van der Waals surface area contributed by atoms with Gasteiger partial charge in [0.1, 0.15) is 30.2 Å². The van der Waals surface area contributed by atoms with E-state index in [-0.39, 0.29) is 17.3 Å². The Hall–Kier alpha value is -1.63. The van der Waals surface area contributed by atoms with Crippen LogP contribution >= 0.6 is 0 Å². The lowest BCUT2D eigenvalue weighted by molar-refractivity contribution is -0.159. The zero-order valence-corrected chi connectivity index (χ0v) is 18.4. The summed E-state index contributed by atoms with van der Waals surface area (Å²) >= 11 is 0. The van der Waals surface area contributed by atoms with Crippen LogP contribution in [-0.4, -0.2) is 78.7 Å². The molecule has 2 aromatic rings. The number of ether oxygens (including phenoxy) is 1. The maximum absolute atomic E-state index is 11.3. The van der Waals surface area contributed by atoms with E-state index in [9.17, 15) is 20.4 Å². The number of nitrogens with zero attached hydrogens (tertiary/aromatic N) is 4. The summed E-state index contributed by atoms with van der Waals surface area (Å²) in [5, 5.41) is 42.3. The Morgan fingerprint density at radius 1 is 1.28 bits per heavy atom. The number of fused-ring (bicyclic) bond motifs is 1. The zero-order chi connectivity index (χ0) is 21.8. The van der Waals surface area contributed by atoms with Gasteiger partial charge in [0.05, 0.1) is 26.7 Å². The molecule has 0 aliphatic carbocycles. The van der Waals surface area contributed by atoms with Crippen LogP contribution in [0.3, 0.4) is 0 Å². The molecule has 162 valence electrons. The molecule has 0 aromatic carbocycles. The molecule has 3 rings (SSSR count). The number of imidazole rings is 1. The van der Waals surface area contributed by atoms with Crippen LogP contribution in [0.2, 0.25) is 18.1 Å². The Kier molecular flexibility index (Phi) is 5.52. The average Bonchev–Trinajstić information content (AvgIpc) is 3.17. The van der Waals surface area contributed by atoms with Crippen molar-refractivity contribution in [2.75, 3.05) is 12.3 Å². The van der Waals surface area contributed by atoms with E-state index in [0.717, 1.165) is 0 Å². The molecule has 0 saturated carbocycles. The Labute approximate surface area is 170 Å². The number of nitrogen functional groups attached to an aromatic ring is 1. The first kappa shape index (κ1) is 22.1. The van der Waals surface area contributed by atoms with Gasteiger partial charge in [0.15, 0.2) is 17.2 Å². The van der Waals surface area contributed by atoms with Crippen LogP contribution in [-0.2, 0) is 10.5 Å². The number of aliphatic hydroxyl groups is 4. The number of rotatable bonds is 5. The van der Waals surface area contributed by atoms with Crippen LogP contribution in [0.15, 0.2) is 12.7 Å². The average molecular weight is 426 g/mol. The Morgan fingerprint density at radius 2 is 1.93 bits per heavy atom. The maximum Gasteiger partial charge on any atom is 0.178 e. The van der Waals surface area contributed by atoms with Crippen LogP contribution < -0.4 is 5.73 Å². The quantitative estimate of drug-likeness (QED) is 0.414. The van der Waals surface area contributed by atoms with Crippen molar-refractivity contribution in [2.24, 2.45) is 0 Å². The molecule has 0 spiro atoms. The molecule has 5 atom stereocenters. The van der Waals surface area contributed by atoms with Gasteiger partial charge in [-0.1, -0.05) is 33.9 Å². The second-order valence-electron chi connectivity index (χ2n) is 9.36. The van der Waals surface area contributed by atoms with Gasteiger partial charge in [-0.05, 0) is 5.04 Å². The fraction of sp³-hybridized carbons (Fsp3) is 0.722. The number of nitrogens with two attached hydrogens (primary N) is 1. The van der Waals surface area contributed by atoms with E-state index >= 15 is 0 Å². The number of aromatic nitrogens is 4. The molecule has 10 nitrogen and oxygen atoms in total. The second kappa shape index (κ2) is 7.25. The molecule has 0 bridgehead atoms. The number of aliphatic hydroxyl groups excluding tert-OH is 4. The fourth-order valence-electron chi connectivity index (χ4n) is 3.65. The Morgan fingerprint density at radius 3 is 2.48 bits per heavy atom. The van der Waals surface area contributed by atoms with Crippen LogP contribution in [0.4, 0.5) is 5.82 Å². The van der Waals surface area contributed by atoms with Crippen molar-refractivity contribution in [3.8, 4) is 0 Å². The SMILES string of the molecule is CC(C)(C)[Si](C)(C)C(O)C[C@@]1(n2cnc3c(N)ncnc32)O[C@H](CO)[C@@H](O)[C@H]1O. The molecule has 6 N–H and O–H groups in total. The first-order valence-electron chi connectivity index (χ1n) is 9.63. The Bertz CT molecular complexity index is 885. The first-order chi connectivity index (χ1) is 13.4. The topological polar surface area (TPSA) is 160 Å². The smallest absolute Gasteiger partial charge is 0.178 e. The minimum Gasteiger partial charge on any atom is -0.396 e. The molecule has 1 aliphatic rings. The number of anilines is 1. The summed E-state index contributed by atoms with van der Waals surface area (Å²) in [7, 11) is -2.27. The predicted octanol–water partition coefficient (Wildman–Crippen LogP) is -0.0271. The summed E-state index contributed by atoms with van der Waals surface area (Å²) in [4.78, 5) is 12.4. The minimum atomic E-state index is -2.27. The van der Waals surface area contributed by atoms with Crippen molar-refractivity contribution in [2.45, 2.75) is 75.1 Å². The van der Waals surface area contributed by atoms with Crippen molar-refractivity contribution in [1.82, 2.24) is 19.5 Å². The summed E-state index contributed by atoms with van der Waals surface area (Å²) in [5.41, 5.74) is 4.16. The normalized spacial score (nSPS) is 29.5. The molecular weight excluding hydrogens is 394 g/mol. The van der Waals surface area contributed by atoms with E-state index in [1.807, 2.05) is 0 Å². The van der Waals surface area contributed by atoms with E-state index in [0.29, 0.717) is 11.2 Å². The molecule has 0 radical (unpaired) electrons. The van der Waals surface area contributed by atoms with Gasteiger partial charge in [-0.15, -0.1) is 0 Å². The lowest BCUT2D eigenvalue weighted by Gasteiger charge is -2.44. The minimum absolute atomic E-state index is 0.00636. The van der Waals surface area contributed by atoms with E-state index in [2.05, 4.69) is 48.8 Å². The van der Waals surface area contributed by atoms with E-state index in [4.69, 9.17) is 10.5 Å². The highest BCUT2D eigenvalue weighted by Gasteiger charge is 2.58. The number of hydrogen-bond acceptors (Lipinski definition) is 9. The summed E-state index contributed by atoms with van der Waals surface area (Å²) < 4.78 is 7.51. The third kappa shape index (κ3) is 3.35. The highest BCUT2D eigenvalue weighted by Crippen LogP contribution is 2.46. The monoisotopic (exact) mass is 425 g/mol. The van der Waals surface area contributed by atoms with Crippen LogP contribution in [0.1, 0.15) is 27.2 Å². The second-order valence-corrected chi connectivity index (χ2v) is 15.0. The summed E-state index contributed by atoms with van der Waals surface area (Å²) in [6.07, 6.45) is -1.11. The van der Waals surface area contributed by atoms with Crippen molar-refractivity contribution in [3.05, 3.63) is 12.7 Å². The van der Waals surface area contributed by atoms with Crippen LogP contribution in [0, 0.1) is 0 Å². The highest BCUT2D eigenvalue weighted by molar-refractivity contribution is 6.81. The van der Waals surface area contributed by atoms with Gasteiger partial charge >= 0.3 is 0 Å². The Balaban J connectivity index is 2.15. The van der Waals surface area contributed by atoms with Gasteiger partial charge in [-0.25, -0.2) is 15.0 Å². The molecule has 1 aliphatic heterocycles. The molecule has 2 aromatic heterocycles. The maximum atomic E-state index is 11.3. The third-order valence-corrected chi connectivity index (χ3v) is 12.5. The van der Waals surface area contributed by atoms with Crippen LogP contribution in [0.25, 0.3) is 11.2 Å². The third-order valence-electron chi connectivity index (χ3n) is 6.72. The van der Waals surface area contributed by atoms with Gasteiger partial charge in [-0.2, -0.15) is 0 Å². The molecule has 11 heteroatoms. The number of hydrogen-bond donors (Lipinski definition) is 5. The molecule has 3 heterocycles. The lowest BCUT2D eigenvalue weighted by atomic mass is 9.99. The van der Waals surface area contributed by atoms with Gasteiger partial charge in [-0.3, -0.25) is 4.57 Å². The van der Waals surface area contributed by atoms with Crippen molar-refractivity contribution < 1.29 is 25.2 Å². The summed E-state index contributed by atoms with van der Waals surface area (Å²) in [5.74, 6) is 0.167. The zero-order valence-electron chi connectivity index (χ0n) is 17.4. The first-order valence-corrected chi connectivity index (χ1v) is 12.7.